The Bertz CT molecular complexity index is 162. The summed E-state index contributed by atoms with van der Waals surface area (Å²) in [4.78, 5) is 0. The summed E-state index contributed by atoms with van der Waals surface area (Å²) in [6.45, 7) is 2.06. The topological polar surface area (TPSA) is 26.0 Å². The van der Waals surface area contributed by atoms with E-state index in [9.17, 15) is 0 Å². The van der Waals surface area contributed by atoms with Gasteiger partial charge in [0.2, 0.25) is 0 Å². The molecular formula is C6H8LiN. The van der Waals surface area contributed by atoms with Gasteiger partial charge in [-0.2, -0.15) is 0 Å². The van der Waals surface area contributed by atoms with Gasteiger partial charge >= 0.3 is 58.4 Å². The minimum absolute atomic E-state index is 0.961. The molecule has 0 heterocycles. The summed E-state index contributed by atoms with van der Waals surface area (Å²) < 4.78 is 1.41. The molecule has 0 amide bonds. The van der Waals surface area contributed by atoms with E-state index in [2.05, 4.69) is 30.7 Å². The molecule has 0 aromatic heterocycles. The van der Waals surface area contributed by atoms with Gasteiger partial charge in [0.15, 0.2) is 0 Å². The monoisotopic (exact) mass is 101 g/mol. The first-order valence-electron chi connectivity index (χ1n) is 2.84. The van der Waals surface area contributed by atoms with E-state index in [4.69, 9.17) is 5.73 Å². The van der Waals surface area contributed by atoms with Crippen molar-refractivity contribution in [2.75, 3.05) is 0 Å². The van der Waals surface area contributed by atoms with Crippen LogP contribution < -0.4 is 5.73 Å². The Labute approximate surface area is 58.8 Å². The van der Waals surface area contributed by atoms with Crippen LogP contribution in [0.15, 0.2) is 21.6 Å². The third kappa shape index (κ3) is 0.843. The normalized spacial score (nSPS) is 19.6. The predicted molar refractivity (Wildman–Crippen MR) is 35.3 cm³/mol. The second kappa shape index (κ2) is 2.01. The molecule has 0 saturated heterocycles. The van der Waals surface area contributed by atoms with Crippen LogP contribution in [-0.2, 0) is 0 Å². The van der Waals surface area contributed by atoms with Crippen LogP contribution in [-0.4, -0.2) is 17.7 Å². The van der Waals surface area contributed by atoms with E-state index in [-0.39, 0.29) is 0 Å². The Balaban J connectivity index is 2.88. The average Bonchev–Trinajstić information content (AvgIpc) is 1.98. The van der Waals surface area contributed by atoms with Crippen molar-refractivity contribution in [2.45, 2.75) is 13.3 Å². The second-order valence-electron chi connectivity index (χ2n) is 2.27. The van der Waals surface area contributed by atoms with Crippen molar-refractivity contribution in [2.24, 2.45) is 5.73 Å². The molecule has 1 aliphatic carbocycles. The molecule has 0 aliphatic heterocycles. The number of hydrogen-bond donors (Lipinski definition) is 1. The van der Waals surface area contributed by atoms with Gasteiger partial charge in [0, 0.05) is 0 Å². The molecule has 0 aromatic carbocycles. The van der Waals surface area contributed by atoms with Crippen LogP contribution in [0.1, 0.15) is 13.3 Å². The fraction of sp³-hybridized carbons (Fsp3) is 0.333. The molecule has 38 valence electrons. The van der Waals surface area contributed by atoms with Crippen LogP contribution in [0.4, 0.5) is 0 Å². The zero-order valence-corrected chi connectivity index (χ0v) is 5.36. The van der Waals surface area contributed by atoms with E-state index in [0.29, 0.717) is 0 Å². The minimum atomic E-state index is 0.961. The summed E-state index contributed by atoms with van der Waals surface area (Å²) in [7, 11) is 0. The molecule has 0 atom stereocenters. The molecule has 2 N–H and O–H groups in total. The van der Waals surface area contributed by atoms with Crippen LogP contribution >= 0.6 is 0 Å². The summed E-state index contributed by atoms with van der Waals surface area (Å²) >= 11 is 2.12. The van der Waals surface area contributed by atoms with Crippen molar-refractivity contribution in [3.63, 3.8) is 0 Å². The molecule has 2 heteroatoms. The zero-order chi connectivity index (χ0) is 6.15. The SMILES string of the molecule is [Li][C]1=C(C)C(N)=CC1. The number of allylic oxidation sites excluding steroid dienone is 3. The quantitative estimate of drug-likeness (QED) is 0.446. The van der Waals surface area contributed by atoms with Crippen molar-refractivity contribution in [1.82, 2.24) is 0 Å². The van der Waals surface area contributed by atoms with Gasteiger partial charge in [0.05, 0.1) is 0 Å². The van der Waals surface area contributed by atoms with Gasteiger partial charge < -0.3 is 0 Å². The molecule has 1 aliphatic rings. The maximum absolute atomic E-state index is 5.57. The Morgan fingerprint density at radius 3 is 2.50 bits per heavy atom. The van der Waals surface area contributed by atoms with E-state index < -0.39 is 0 Å². The Hall–Kier alpha value is -0.123. The zero-order valence-electron chi connectivity index (χ0n) is 5.36. The van der Waals surface area contributed by atoms with Gasteiger partial charge in [-0.25, -0.2) is 0 Å². The van der Waals surface area contributed by atoms with Crippen LogP contribution in [0, 0.1) is 0 Å². The summed E-state index contributed by atoms with van der Waals surface area (Å²) in [5.41, 5.74) is 7.80. The van der Waals surface area contributed by atoms with Gasteiger partial charge in [-0.15, -0.1) is 0 Å². The summed E-state index contributed by atoms with van der Waals surface area (Å²) in [5, 5.41) is 0. The fourth-order valence-electron chi connectivity index (χ4n) is 0.816. The van der Waals surface area contributed by atoms with E-state index in [1.807, 2.05) is 0 Å². The summed E-state index contributed by atoms with van der Waals surface area (Å²) in [6.07, 6.45) is 3.11. The van der Waals surface area contributed by atoms with E-state index in [1.165, 1.54) is 9.82 Å². The van der Waals surface area contributed by atoms with Crippen molar-refractivity contribution in [3.8, 4) is 0 Å². The van der Waals surface area contributed by atoms with Gasteiger partial charge in [0.1, 0.15) is 0 Å². The molecule has 0 unspecified atom stereocenters. The third-order valence-electron chi connectivity index (χ3n) is 1.70. The van der Waals surface area contributed by atoms with Crippen molar-refractivity contribution >= 4 is 17.7 Å². The van der Waals surface area contributed by atoms with Gasteiger partial charge in [-0.1, -0.05) is 0 Å². The molecule has 0 spiro atoms. The number of nitrogens with two attached hydrogens (primary N) is 1. The number of rotatable bonds is 0. The molecule has 0 fully saturated rings. The molecule has 0 radical (unpaired) electrons. The molecular weight excluding hydrogens is 93.0 g/mol. The summed E-state index contributed by atoms with van der Waals surface area (Å²) in [6, 6.07) is 0. The molecule has 1 rings (SSSR count). The Morgan fingerprint density at radius 2 is 2.38 bits per heavy atom. The first-order chi connectivity index (χ1) is 3.72. The van der Waals surface area contributed by atoms with Crippen LogP contribution in [0.3, 0.4) is 0 Å². The Morgan fingerprint density at radius 1 is 1.75 bits per heavy atom. The molecule has 1 nitrogen and oxygen atoms in total. The fourth-order valence-corrected chi connectivity index (χ4v) is 0.816. The van der Waals surface area contributed by atoms with Gasteiger partial charge in [-0.05, 0) is 0 Å². The molecule has 0 aromatic rings. The standard InChI is InChI=1S/C6H8N.Li/c1-5-3-2-4-6(5)7;/h4H,2,7H2,1H3;. The van der Waals surface area contributed by atoms with E-state index in [1.54, 1.807) is 0 Å². The van der Waals surface area contributed by atoms with Crippen LogP contribution in [0.5, 0.6) is 0 Å². The summed E-state index contributed by atoms with van der Waals surface area (Å²) in [5.74, 6) is 0. The first-order valence-corrected chi connectivity index (χ1v) is 2.84. The van der Waals surface area contributed by atoms with Crippen LogP contribution in [0.2, 0.25) is 0 Å². The predicted octanol–water partition coefficient (Wildman–Crippen LogP) is 0.675. The van der Waals surface area contributed by atoms with Gasteiger partial charge in [0.25, 0.3) is 0 Å². The maximum atomic E-state index is 5.57. The Kier molecular flexibility index (Phi) is 1.51. The molecule has 0 bridgehead atoms. The van der Waals surface area contributed by atoms with E-state index in [0.717, 1.165) is 12.1 Å². The third-order valence-corrected chi connectivity index (χ3v) is 1.70. The van der Waals surface area contributed by atoms with Crippen molar-refractivity contribution in [3.05, 3.63) is 21.6 Å². The van der Waals surface area contributed by atoms with Crippen molar-refractivity contribution < 1.29 is 0 Å². The van der Waals surface area contributed by atoms with E-state index >= 15 is 0 Å². The average molecular weight is 101 g/mol. The molecule has 0 saturated carbocycles. The van der Waals surface area contributed by atoms with Crippen molar-refractivity contribution in [1.29, 1.82) is 0 Å². The second-order valence-corrected chi connectivity index (χ2v) is 2.27. The van der Waals surface area contributed by atoms with Gasteiger partial charge in [-0.3, -0.25) is 0 Å². The van der Waals surface area contributed by atoms with Crippen LogP contribution in [0.25, 0.3) is 0 Å². The molecule has 8 heavy (non-hydrogen) atoms. The number of hydrogen-bond acceptors (Lipinski definition) is 1. The first kappa shape index (κ1) is 6.00.